The molecule has 2 aliphatic rings. The fraction of sp³-hybridized carbons (Fsp3) is 0.647. The zero-order chi connectivity index (χ0) is 13.1. The van der Waals surface area contributed by atoms with E-state index in [-0.39, 0.29) is 0 Å². The molecule has 1 unspecified atom stereocenters. The Labute approximate surface area is 117 Å². The summed E-state index contributed by atoms with van der Waals surface area (Å²) in [6.45, 7) is 7.09. The number of rotatable bonds is 2. The van der Waals surface area contributed by atoms with Crippen LogP contribution in [0.5, 0.6) is 0 Å². The van der Waals surface area contributed by atoms with E-state index in [1.54, 1.807) is 11.1 Å². The fourth-order valence-electron chi connectivity index (χ4n) is 3.48. The van der Waals surface area contributed by atoms with Crippen LogP contribution in [0.4, 0.5) is 0 Å². The van der Waals surface area contributed by atoms with E-state index in [9.17, 15) is 0 Å². The standard InChI is InChI=1S/C17H26N2/c1-14(19-11-4-9-18-10-12-19)16-8-7-15-5-2-3-6-17(15)13-16/h7-8,13-14,18H,2-6,9-12H2,1H3. The summed E-state index contributed by atoms with van der Waals surface area (Å²) in [5.74, 6) is 0. The first kappa shape index (κ1) is 13.1. The number of nitrogens with zero attached hydrogens (tertiary/aromatic N) is 1. The highest BCUT2D eigenvalue weighted by Crippen LogP contribution is 2.27. The minimum Gasteiger partial charge on any atom is -0.315 e. The van der Waals surface area contributed by atoms with E-state index in [0.29, 0.717) is 6.04 Å². The first-order valence-corrected chi connectivity index (χ1v) is 7.91. The smallest absolute Gasteiger partial charge is 0.0320 e. The van der Waals surface area contributed by atoms with Crippen molar-refractivity contribution < 1.29 is 0 Å². The summed E-state index contributed by atoms with van der Waals surface area (Å²) in [6.07, 6.45) is 6.60. The van der Waals surface area contributed by atoms with E-state index in [1.165, 1.54) is 57.3 Å². The van der Waals surface area contributed by atoms with Crippen molar-refractivity contribution in [3.8, 4) is 0 Å². The maximum atomic E-state index is 3.49. The number of nitrogens with one attached hydrogen (secondary N) is 1. The quantitative estimate of drug-likeness (QED) is 0.877. The normalized spacial score (nSPS) is 22.6. The zero-order valence-corrected chi connectivity index (χ0v) is 12.1. The molecule has 1 aliphatic carbocycles. The third-order valence-electron chi connectivity index (χ3n) is 4.78. The van der Waals surface area contributed by atoms with Crippen molar-refractivity contribution in [3.63, 3.8) is 0 Å². The molecular formula is C17H26N2. The van der Waals surface area contributed by atoms with Gasteiger partial charge < -0.3 is 5.32 Å². The summed E-state index contributed by atoms with van der Waals surface area (Å²) < 4.78 is 0. The highest BCUT2D eigenvalue weighted by atomic mass is 15.2. The Morgan fingerprint density at radius 3 is 2.74 bits per heavy atom. The Morgan fingerprint density at radius 2 is 1.84 bits per heavy atom. The third-order valence-corrected chi connectivity index (χ3v) is 4.78. The van der Waals surface area contributed by atoms with Crippen LogP contribution in [0.2, 0.25) is 0 Å². The van der Waals surface area contributed by atoms with Crippen LogP contribution in [-0.4, -0.2) is 31.1 Å². The second kappa shape index (κ2) is 6.06. The summed E-state index contributed by atoms with van der Waals surface area (Å²) >= 11 is 0. The third kappa shape index (κ3) is 3.01. The van der Waals surface area contributed by atoms with Gasteiger partial charge in [0.05, 0.1) is 0 Å². The molecule has 0 radical (unpaired) electrons. The molecule has 0 saturated carbocycles. The highest BCUT2D eigenvalue weighted by molar-refractivity contribution is 5.35. The Kier molecular flexibility index (Phi) is 4.19. The molecule has 1 N–H and O–H groups in total. The summed E-state index contributed by atoms with van der Waals surface area (Å²) in [4.78, 5) is 2.63. The Morgan fingerprint density at radius 1 is 1.00 bits per heavy atom. The van der Waals surface area contributed by atoms with E-state index < -0.39 is 0 Å². The summed E-state index contributed by atoms with van der Waals surface area (Å²) in [5.41, 5.74) is 4.73. The molecule has 104 valence electrons. The maximum absolute atomic E-state index is 3.49. The van der Waals surface area contributed by atoms with Gasteiger partial charge in [0.1, 0.15) is 0 Å². The molecule has 2 heteroatoms. The molecule has 1 aromatic rings. The molecule has 1 aromatic carbocycles. The van der Waals surface area contributed by atoms with Gasteiger partial charge in [0.15, 0.2) is 0 Å². The molecule has 1 aliphatic heterocycles. The van der Waals surface area contributed by atoms with Gasteiger partial charge in [0.25, 0.3) is 0 Å². The van der Waals surface area contributed by atoms with Crippen molar-refractivity contribution in [2.45, 2.75) is 45.1 Å². The van der Waals surface area contributed by atoms with Gasteiger partial charge in [-0.2, -0.15) is 0 Å². The van der Waals surface area contributed by atoms with Crippen LogP contribution in [0.25, 0.3) is 0 Å². The minimum absolute atomic E-state index is 0.562. The number of hydrogen-bond acceptors (Lipinski definition) is 2. The molecule has 1 heterocycles. The first-order chi connectivity index (χ1) is 9.34. The zero-order valence-electron chi connectivity index (χ0n) is 12.1. The van der Waals surface area contributed by atoms with Gasteiger partial charge >= 0.3 is 0 Å². The van der Waals surface area contributed by atoms with Crippen molar-refractivity contribution >= 4 is 0 Å². The van der Waals surface area contributed by atoms with Gasteiger partial charge in [-0.3, -0.25) is 4.90 Å². The SMILES string of the molecule is CC(c1ccc2c(c1)CCCC2)N1CCCNCC1. The summed E-state index contributed by atoms with van der Waals surface area (Å²) in [6, 6.07) is 7.80. The Balaban J connectivity index is 1.76. The van der Waals surface area contributed by atoms with Gasteiger partial charge in [-0.25, -0.2) is 0 Å². The number of hydrogen-bond donors (Lipinski definition) is 1. The molecule has 0 spiro atoms. The fourth-order valence-corrected chi connectivity index (χ4v) is 3.48. The van der Waals surface area contributed by atoms with Gasteiger partial charge in [0.2, 0.25) is 0 Å². The Hall–Kier alpha value is -0.860. The lowest BCUT2D eigenvalue weighted by Gasteiger charge is -2.29. The Bertz CT molecular complexity index is 419. The van der Waals surface area contributed by atoms with Gasteiger partial charge in [-0.15, -0.1) is 0 Å². The van der Waals surface area contributed by atoms with Crippen LogP contribution >= 0.6 is 0 Å². The van der Waals surface area contributed by atoms with Crippen molar-refractivity contribution in [1.82, 2.24) is 10.2 Å². The molecule has 0 aromatic heterocycles. The van der Waals surface area contributed by atoms with Crippen LogP contribution in [0.15, 0.2) is 18.2 Å². The molecule has 2 nitrogen and oxygen atoms in total. The van der Waals surface area contributed by atoms with Crippen molar-refractivity contribution in [1.29, 1.82) is 0 Å². The predicted octanol–water partition coefficient (Wildman–Crippen LogP) is 2.92. The van der Waals surface area contributed by atoms with Gasteiger partial charge in [-0.1, -0.05) is 18.2 Å². The average Bonchev–Trinajstić information content (AvgIpc) is 2.75. The van der Waals surface area contributed by atoms with Gasteiger partial charge in [-0.05, 0) is 68.8 Å². The molecule has 0 bridgehead atoms. The molecule has 19 heavy (non-hydrogen) atoms. The molecule has 3 rings (SSSR count). The van der Waals surface area contributed by atoms with Crippen molar-refractivity contribution in [2.75, 3.05) is 26.2 Å². The van der Waals surface area contributed by atoms with Gasteiger partial charge in [0, 0.05) is 19.1 Å². The van der Waals surface area contributed by atoms with E-state index in [1.807, 2.05) is 0 Å². The van der Waals surface area contributed by atoms with Crippen LogP contribution < -0.4 is 5.32 Å². The lowest BCUT2D eigenvalue weighted by molar-refractivity contribution is 0.225. The van der Waals surface area contributed by atoms with Crippen molar-refractivity contribution in [3.05, 3.63) is 34.9 Å². The topological polar surface area (TPSA) is 15.3 Å². The van der Waals surface area contributed by atoms with E-state index in [0.717, 1.165) is 6.54 Å². The highest BCUT2D eigenvalue weighted by Gasteiger charge is 2.18. The maximum Gasteiger partial charge on any atom is 0.0320 e. The number of fused-ring (bicyclic) bond motifs is 1. The summed E-state index contributed by atoms with van der Waals surface area (Å²) in [5, 5.41) is 3.49. The minimum atomic E-state index is 0.562. The van der Waals surface area contributed by atoms with E-state index in [2.05, 4.69) is 35.3 Å². The van der Waals surface area contributed by atoms with Crippen LogP contribution in [-0.2, 0) is 12.8 Å². The number of benzene rings is 1. The van der Waals surface area contributed by atoms with E-state index in [4.69, 9.17) is 0 Å². The average molecular weight is 258 g/mol. The summed E-state index contributed by atoms with van der Waals surface area (Å²) in [7, 11) is 0. The lowest BCUT2D eigenvalue weighted by atomic mass is 9.89. The van der Waals surface area contributed by atoms with Crippen LogP contribution in [0.3, 0.4) is 0 Å². The van der Waals surface area contributed by atoms with Crippen molar-refractivity contribution in [2.24, 2.45) is 0 Å². The molecule has 1 atom stereocenters. The first-order valence-electron chi connectivity index (χ1n) is 7.91. The second-order valence-corrected chi connectivity index (χ2v) is 6.05. The molecular weight excluding hydrogens is 232 g/mol. The molecule has 1 fully saturated rings. The second-order valence-electron chi connectivity index (χ2n) is 6.05. The van der Waals surface area contributed by atoms with E-state index >= 15 is 0 Å². The predicted molar refractivity (Wildman–Crippen MR) is 80.6 cm³/mol. The number of aryl methyl sites for hydroxylation is 2. The lowest BCUT2D eigenvalue weighted by Crippen LogP contribution is -2.30. The molecule has 0 amide bonds. The van der Waals surface area contributed by atoms with Crippen LogP contribution in [0, 0.1) is 0 Å². The largest absolute Gasteiger partial charge is 0.315 e. The molecule has 1 saturated heterocycles. The monoisotopic (exact) mass is 258 g/mol. The van der Waals surface area contributed by atoms with Crippen LogP contribution in [0.1, 0.15) is 48.9 Å².